The SMILES string of the molecule is OC[C@H]1O[C@@H](n2cnc3c(Cl)nc(Cl)nc32)C(O)C1O. The smallest absolute Gasteiger partial charge is 0.225 e. The van der Waals surface area contributed by atoms with Crippen molar-refractivity contribution in [1.29, 1.82) is 0 Å². The van der Waals surface area contributed by atoms with Crippen LogP contribution >= 0.6 is 23.2 Å². The first-order valence-corrected chi connectivity index (χ1v) is 6.46. The van der Waals surface area contributed by atoms with Gasteiger partial charge in [-0.1, -0.05) is 11.6 Å². The van der Waals surface area contributed by atoms with Crippen molar-refractivity contribution in [3.63, 3.8) is 0 Å². The van der Waals surface area contributed by atoms with Crippen molar-refractivity contribution in [1.82, 2.24) is 19.5 Å². The van der Waals surface area contributed by atoms with Crippen LogP contribution in [-0.2, 0) is 4.74 Å². The molecule has 1 aliphatic heterocycles. The third kappa shape index (κ3) is 2.05. The Morgan fingerprint density at radius 2 is 2.00 bits per heavy atom. The summed E-state index contributed by atoms with van der Waals surface area (Å²) in [5.74, 6) is 0. The molecule has 2 aromatic rings. The summed E-state index contributed by atoms with van der Waals surface area (Å²) in [4.78, 5) is 11.8. The zero-order chi connectivity index (χ0) is 14.4. The molecule has 0 amide bonds. The van der Waals surface area contributed by atoms with Crippen LogP contribution in [0.4, 0.5) is 0 Å². The highest BCUT2D eigenvalue weighted by molar-refractivity contribution is 6.35. The molecular formula is C10H10Cl2N4O4. The Kier molecular flexibility index (Phi) is 3.53. The van der Waals surface area contributed by atoms with Crippen molar-refractivity contribution in [3.8, 4) is 0 Å². The van der Waals surface area contributed by atoms with Gasteiger partial charge < -0.3 is 20.1 Å². The lowest BCUT2D eigenvalue weighted by molar-refractivity contribution is -0.0511. The van der Waals surface area contributed by atoms with Crippen LogP contribution in [0.1, 0.15) is 6.23 Å². The summed E-state index contributed by atoms with van der Waals surface area (Å²) in [5, 5.41) is 28.8. The Morgan fingerprint density at radius 3 is 2.65 bits per heavy atom. The lowest BCUT2D eigenvalue weighted by atomic mass is 10.1. The Labute approximate surface area is 122 Å². The molecule has 1 aliphatic rings. The molecule has 20 heavy (non-hydrogen) atoms. The number of nitrogens with zero attached hydrogens (tertiary/aromatic N) is 4. The van der Waals surface area contributed by atoms with Gasteiger partial charge in [0.1, 0.15) is 23.8 Å². The van der Waals surface area contributed by atoms with Crippen LogP contribution < -0.4 is 0 Å². The van der Waals surface area contributed by atoms with Gasteiger partial charge in [0.05, 0.1) is 12.9 Å². The number of hydrogen-bond acceptors (Lipinski definition) is 7. The molecule has 0 radical (unpaired) electrons. The van der Waals surface area contributed by atoms with Crippen molar-refractivity contribution in [2.75, 3.05) is 6.61 Å². The van der Waals surface area contributed by atoms with E-state index in [1.54, 1.807) is 0 Å². The van der Waals surface area contributed by atoms with Gasteiger partial charge in [0, 0.05) is 0 Å². The summed E-state index contributed by atoms with van der Waals surface area (Å²) in [7, 11) is 0. The molecular weight excluding hydrogens is 311 g/mol. The fourth-order valence-electron chi connectivity index (χ4n) is 2.15. The molecule has 0 aromatic carbocycles. The average Bonchev–Trinajstić information content (AvgIpc) is 2.93. The maximum atomic E-state index is 9.98. The van der Waals surface area contributed by atoms with E-state index in [0.29, 0.717) is 5.52 Å². The fraction of sp³-hybridized carbons (Fsp3) is 0.500. The molecule has 1 saturated heterocycles. The monoisotopic (exact) mass is 320 g/mol. The van der Waals surface area contributed by atoms with Gasteiger partial charge in [-0.2, -0.15) is 4.98 Å². The maximum absolute atomic E-state index is 9.98. The van der Waals surface area contributed by atoms with Gasteiger partial charge in [0.2, 0.25) is 5.28 Å². The Morgan fingerprint density at radius 1 is 1.25 bits per heavy atom. The lowest BCUT2D eigenvalue weighted by Gasteiger charge is -2.16. The first-order valence-electron chi connectivity index (χ1n) is 5.71. The highest BCUT2D eigenvalue weighted by Gasteiger charge is 2.44. The summed E-state index contributed by atoms with van der Waals surface area (Å²) in [6, 6.07) is 0. The van der Waals surface area contributed by atoms with Crippen molar-refractivity contribution in [2.24, 2.45) is 0 Å². The van der Waals surface area contributed by atoms with Crippen molar-refractivity contribution < 1.29 is 20.1 Å². The second-order valence-corrected chi connectivity index (χ2v) is 5.03. The first-order chi connectivity index (χ1) is 9.52. The van der Waals surface area contributed by atoms with Crippen LogP contribution in [0.5, 0.6) is 0 Å². The number of imidazole rings is 1. The van der Waals surface area contributed by atoms with E-state index < -0.39 is 31.1 Å². The molecule has 0 spiro atoms. The summed E-state index contributed by atoms with van der Waals surface area (Å²) in [6.45, 7) is -0.419. The molecule has 108 valence electrons. The molecule has 3 heterocycles. The number of aromatic nitrogens is 4. The number of hydrogen-bond donors (Lipinski definition) is 3. The van der Waals surface area contributed by atoms with Crippen molar-refractivity contribution >= 4 is 34.4 Å². The molecule has 3 rings (SSSR count). The number of aliphatic hydroxyl groups excluding tert-OH is 3. The summed E-state index contributed by atoms with van der Waals surface area (Å²) in [6.07, 6.45) is -2.94. The minimum atomic E-state index is -1.24. The Hall–Kier alpha value is -1.03. The van der Waals surface area contributed by atoms with E-state index in [-0.39, 0.29) is 16.1 Å². The quantitative estimate of drug-likeness (QED) is 0.516. The zero-order valence-corrected chi connectivity index (χ0v) is 11.4. The minimum Gasteiger partial charge on any atom is -0.394 e. The fourth-order valence-corrected chi connectivity index (χ4v) is 2.57. The Bertz CT molecular complexity index is 651. The predicted octanol–water partition coefficient (Wildman–Crippen LogP) is -0.255. The Balaban J connectivity index is 2.07. The van der Waals surface area contributed by atoms with Crippen LogP contribution in [0.15, 0.2) is 6.33 Å². The lowest BCUT2D eigenvalue weighted by Crippen LogP contribution is -2.33. The normalized spacial score (nSPS) is 30.2. The number of fused-ring (bicyclic) bond motifs is 1. The molecule has 1 fully saturated rings. The van der Waals surface area contributed by atoms with Crippen LogP contribution in [0.2, 0.25) is 10.4 Å². The van der Waals surface area contributed by atoms with Crippen LogP contribution in [0.25, 0.3) is 11.2 Å². The second kappa shape index (κ2) is 5.06. The molecule has 0 bridgehead atoms. The van der Waals surface area contributed by atoms with E-state index in [4.69, 9.17) is 33.0 Å². The predicted molar refractivity (Wildman–Crippen MR) is 68.4 cm³/mol. The van der Waals surface area contributed by atoms with E-state index in [9.17, 15) is 10.2 Å². The van der Waals surface area contributed by atoms with Gasteiger partial charge >= 0.3 is 0 Å². The largest absolute Gasteiger partial charge is 0.394 e. The molecule has 0 aliphatic carbocycles. The van der Waals surface area contributed by atoms with Gasteiger partial charge in [-0.25, -0.2) is 9.97 Å². The molecule has 2 unspecified atom stereocenters. The zero-order valence-electron chi connectivity index (χ0n) is 9.89. The molecule has 0 saturated carbocycles. The highest BCUT2D eigenvalue weighted by Crippen LogP contribution is 2.32. The number of rotatable bonds is 2. The van der Waals surface area contributed by atoms with Gasteiger partial charge in [0.25, 0.3) is 0 Å². The van der Waals surface area contributed by atoms with E-state index in [0.717, 1.165) is 0 Å². The molecule has 2 aromatic heterocycles. The van der Waals surface area contributed by atoms with Crippen LogP contribution in [-0.4, -0.2) is 59.8 Å². The van der Waals surface area contributed by atoms with Crippen molar-refractivity contribution in [3.05, 3.63) is 16.8 Å². The van der Waals surface area contributed by atoms with Gasteiger partial charge in [-0.05, 0) is 11.6 Å². The van der Waals surface area contributed by atoms with E-state index in [1.807, 2.05) is 0 Å². The molecule has 8 nitrogen and oxygen atoms in total. The summed E-state index contributed by atoms with van der Waals surface area (Å²) >= 11 is 11.6. The third-order valence-electron chi connectivity index (χ3n) is 3.14. The standard InChI is InChI=1S/C10H10Cl2N4O4/c11-7-4-8(15-10(12)14-7)16(2-13-4)9-6(19)5(18)3(1-17)20-9/h2-3,5-6,9,17-19H,1H2/t3-,5?,6?,9-/m1/s1. The van der Waals surface area contributed by atoms with E-state index in [2.05, 4.69) is 15.0 Å². The van der Waals surface area contributed by atoms with E-state index >= 15 is 0 Å². The topological polar surface area (TPSA) is 114 Å². The van der Waals surface area contributed by atoms with Crippen LogP contribution in [0, 0.1) is 0 Å². The van der Waals surface area contributed by atoms with Gasteiger partial charge in [-0.15, -0.1) is 0 Å². The number of aliphatic hydroxyl groups is 3. The third-order valence-corrected chi connectivity index (χ3v) is 3.58. The molecule has 10 heteroatoms. The van der Waals surface area contributed by atoms with Crippen molar-refractivity contribution in [2.45, 2.75) is 24.5 Å². The summed E-state index contributed by atoms with van der Waals surface area (Å²) < 4.78 is 6.78. The van der Waals surface area contributed by atoms with E-state index in [1.165, 1.54) is 10.9 Å². The van der Waals surface area contributed by atoms with Crippen LogP contribution in [0.3, 0.4) is 0 Å². The number of halogens is 2. The average molecular weight is 321 g/mol. The minimum absolute atomic E-state index is 0.0732. The second-order valence-electron chi connectivity index (χ2n) is 4.34. The molecule has 3 N–H and O–H groups in total. The highest BCUT2D eigenvalue weighted by atomic mass is 35.5. The summed E-state index contributed by atoms with van der Waals surface area (Å²) in [5.41, 5.74) is 0.568. The van der Waals surface area contributed by atoms with Gasteiger partial charge in [0.15, 0.2) is 17.0 Å². The molecule has 4 atom stereocenters. The van der Waals surface area contributed by atoms with Gasteiger partial charge in [-0.3, -0.25) is 4.57 Å². The maximum Gasteiger partial charge on any atom is 0.225 e. The number of ether oxygens (including phenoxy) is 1. The first kappa shape index (κ1) is 13.9.